The third-order valence-corrected chi connectivity index (χ3v) is 4.63. The van der Waals surface area contributed by atoms with Crippen molar-refractivity contribution < 1.29 is 9.72 Å². The highest BCUT2D eigenvalue weighted by Gasteiger charge is 2.26. The summed E-state index contributed by atoms with van der Waals surface area (Å²) in [6.07, 6.45) is 1.74. The van der Waals surface area contributed by atoms with Gasteiger partial charge in [0.25, 0.3) is 11.6 Å². The van der Waals surface area contributed by atoms with Gasteiger partial charge in [0.2, 0.25) is 0 Å². The first-order valence-corrected chi connectivity index (χ1v) is 7.99. The maximum atomic E-state index is 12.5. The Morgan fingerprint density at radius 2 is 2.05 bits per heavy atom. The normalized spacial score (nSPS) is 17.6. The van der Waals surface area contributed by atoms with E-state index in [4.69, 9.17) is 11.6 Å². The van der Waals surface area contributed by atoms with Crippen molar-refractivity contribution >= 4 is 39.1 Å². The number of carbonyl (C=O) groups excluding carboxylic acids is 1. The van der Waals surface area contributed by atoms with Crippen LogP contribution in [0.25, 0.3) is 0 Å². The summed E-state index contributed by atoms with van der Waals surface area (Å²) in [4.78, 5) is 24.6. The van der Waals surface area contributed by atoms with Crippen LogP contribution in [0.2, 0.25) is 0 Å². The molecule has 1 aliphatic rings. The van der Waals surface area contributed by atoms with E-state index < -0.39 is 4.92 Å². The molecule has 0 aliphatic carbocycles. The van der Waals surface area contributed by atoms with Gasteiger partial charge >= 0.3 is 0 Å². The largest absolute Gasteiger partial charge is 0.339 e. The predicted octanol–water partition coefficient (Wildman–Crippen LogP) is 3.84. The van der Waals surface area contributed by atoms with Crippen molar-refractivity contribution in [3.8, 4) is 0 Å². The molecule has 0 spiro atoms. The van der Waals surface area contributed by atoms with Crippen LogP contribution in [-0.4, -0.2) is 34.2 Å². The maximum absolute atomic E-state index is 12.5. The minimum Gasteiger partial charge on any atom is -0.339 e. The molecule has 5 nitrogen and oxygen atoms in total. The first-order chi connectivity index (χ1) is 9.88. The summed E-state index contributed by atoms with van der Waals surface area (Å²) in [5.74, 6) is 0.257. The number of nitrogens with zero attached hydrogens (tertiary/aromatic N) is 2. The number of nitro benzene ring substituents is 1. The molecule has 0 radical (unpaired) electrons. The first-order valence-electron chi connectivity index (χ1n) is 6.77. The van der Waals surface area contributed by atoms with E-state index in [1.165, 1.54) is 12.1 Å². The Balaban J connectivity index is 2.12. The second kappa shape index (κ2) is 6.75. The highest BCUT2D eigenvalue weighted by atomic mass is 79.9. The number of piperidine rings is 1. The van der Waals surface area contributed by atoms with Gasteiger partial charge in [0.15, 0.2) is 0 Å². The standard InChI is InChI=1S/C14H16BrClN2O3/c1-9(16)10-2-4-17(5-3-10)14(19)11-6-12(15)8-13(7-11)18(20)21/h6-10H,2-5H2,1H3. The molecule has 1 amide bonds. The molecule has 1 aromatic rings. The predicted molar refractivity (Wildman–Crippen MR) is 84.7 cm³/mol. The number of rotatable bonds is 3. The zero-order valence-electron chi connectivity index (χ0n) is 11.6. The van der Waals surface area contributed by atoms with Crippen molar-refractivity contribution in [3.05, 3.63) is 38.3 Å². The Morgan fingerprint density at radius 3 is 2.57 bits per heavy atom. The van der Waals surface area contributed by atoms with Crippen LogP contribution in [0.15, 0.2) is 22.7 Å². The van der Waals surface area contributed by atoms with E-state index in [1.807, 2.05) is 6.92 Å². The number of nitro groups is 1. The van der Waals surface area contributed by atoms with Gasteiger partial charge in [0.05, 0.1) is 4.92 Å². The van der Waals surface area contributed by atoms with E-state index in [2.05, 4.69) is 15.9 Å². The lowest BCUT2D eigenvalue weighted by molar-refractivity contribution is -0.385. The number of carbonyl (C=O) groups is 1. The third kappa shape index (κ3) is 3.95. The Hall–Kier alpha value is -1.14. The van der Waals surface area contributed by atoms with Crippen molar-refractivity contribution in [2.24, 2.45) is 5.92 Å². The summed E-state index contributed by atoms with van der Waals surface area (Å²) in [5.41, 5.74) is 0.255. The van der Waals surface area contributed by atoms with Crippen LogP contribution in [-0.2, 0) is 0 Å². The molecule has 1 fully saturated rings. The molecule has 0 aromatic heterocycles. The molecule has 1 heterocycles. The van der Waals surface area contributed by atoms with E-state index in [1.54, 1.807) is 11.0 Å². The molecule has 1 unspecified atom stereocenters. The molecule has 2 rings (SSSR count). The maximum Gasteiger partial charge on any atom is 0.271 e. The summed E-state index contributed by atoms with van der Waals surface area (Å²) in [6, 6.07) is 4.33. The summed E-state index contributed by atoms with van der Waals surface area (Å²) < 4.78 is 0.532. The molecule has 1 saturated heterocycles. The Kier molecular flexibility index (Phi) is 5.22. The molecule has 0 N–H and O–H groups in total. The number of hydrogen-bond donors (Lipinski definition) is 0. The Morgan fingerprint density at radius 1 is 1.43 bits per heavy atom. The van der Waals surface area contributed by atoms with Gasteiger partial charge in [-0.15, -0.1) is 11.6 Å². The van der Waals surface area contributed by atoms with E-state index in [-0.39, 0.29) is 17.0 Å². The average molecular weight is 376 g/mol. The molecule has 0 saturated carbocycles. The zero-order valence-corrected chi connectivity index (χ0v) is 13.9. The molecular weight excluding hydrogens is 360 g/mol. The fourth-order valence-corrected chi connectivity index (χ4v) is 3.28. The van der Waals surface area contributed by atoms with Gasteiger partial charge in [0.1, 0.15) is 0 Å². The lowest BCUT2D eigenvalue weighted by Crippen LogP contribution is -2.40. The highest BCUT2D eigenvalue weighted by Crippen LogP contribution is 2.27. The van der Waals surface area contributed by atoms with Crippen molar-refractivity contribution in [2.45, 2.75) is 25.1 Å². The van der Waals surface area contributed by atoms with Gasteiger partial charge < -0.3 is 4.90 Å². The number of amides is 1. The smallest absolute Gasteiger partial charge is 0.271 e. The summed E-state index contributed by atoms with van der Waals surface area (Å²) in [5, 5.41) is 11.0. The molecule has 1 aliphatic heterocycles. The number of benzene rings is 1. The molecule has 7 heteroatoms. The van der Waals surface area contributed by atoms with Gasteiger partial charge in [-0.25, -0.2) is 0 Å². The fraction of sp³-hybridized carbons (Fsp3) is 0.500. The second-order valence-corrected chi connectivity index (χ2v) is 6.87. The molecule has 0 bridgehead atoms. The van der Waals surface area contributed by atoms with Gasteiger partial charge in [0, 0.05) is 40.6 Å². The molecule has 114 valence electrons. The lowest BCUT2D eigenvalue weighted by Gasteiger charge is -2.33. The lowest BCUT2D eigenvalue weighted by atomic mass is 9.93. The van der Waals surface area contributed by atoms with Gasteiger partial charge in [-0.2, -0.15) is 0 Å². The number of halogens is 2. The van der Waals surface area contributed by atoms with Gasteiger partial charge in [-0.05, 0) is 31.7 Å². The Labute approximate surface area is 136 Å². The summed E-state index contributed by atoms with van der Waals surface area (Å²) in [7, 11) is 0. The minimum atomic E-state index is -0.497. The molecule has 1 aromatic carbocycles. The number of alkyl halides is 1. The topological polar surface area (TPSA) is 63.5 Å². The third-order valence-electron chi connectivity index (χ3n) is 3.82. The average Bonchev–Trinajstić information content (AvgIpc) is 2.45. The van der Waals surface area contributed by atoms with Gasteiger partial charge in [-0.1, -0.05) is 15.9 Å². The van der Waals surface area contributed by atoms with Crippen molar-refractivity contribution in [1.82, 2.24) is 4.90 Å². The SMILES string of the molecule is CC(Cl)C1CCN(C(=O)c2cc(Br)cc([N+](=O)[O-])c2)CC1. The van der Waals surface area contributed by atoms with Crippen LogP contribution in [0.3, 0.4) is 0 Å². The van der Waals surface area contributed by atoms with E-state index >= 15 is 0 Å². The van der Waals surface area contributed by atoms with Crippen LogP contribution in [0.1, 0.15) is 30.1 Å². The van der Waals surface area contributed by atoms with E-state index in [0.29, 0.717) is 29.0 Å². The minimum absolute atomic E-state index is 0.0861. The summed E-state index contributed by atoms with van der Waals surface area (Å²) >= 11 is 9.30. The van der Waals surface area contributed by atoms with E-state index in [9.17, 15) is 14.9 Å². The summed E-state index contributed by atoms with van der Waals surface area (Å²) in [6.45, 7) is 3.25. The van der Waals surface area contributed by atoms with Crippen LogP contribution in [0.4, 0.5) is 5.69 Å². The molecule has 1 atom stereocenters. The molecule has 21 heavy (non-hydrogen) atoms. The van der Waals surface area contributed by atoms with Crippen molar-refractivity contribution in [2.75, 3.05) is 13.1 Å². The number of likely N-dealkylation sites (tertiary alicyclic amines) is 1. The number of hydrogen-bond acceptors (Lipinski definition) is 3. The van der Waals surface area contributed by atoms with Gasteiger partial charge in [-0.3, -0.25) is 14.9 Å². The zero-order chi connectivity index (χ0) is 15.6. The van der Waals surface area contributed by atoms with Crippen LogP contribution >= 0.6 is 27.5 Å². The van der Waals surface area contributed by atoms with E-state index in [0.717, 1.165) is 12.8 Å². The monoisotopic (exact) mass is 374 g/mol. The van der Waals surface area contributed by atoms with Crippen molar-refractivity contribution in [3.63, 3.8) is 0 Å². The quantitative estimate of drug-likeness (QED) is 0.458. The Bertz CT molecular complexity index is 557. The molecular formula is C14H16BrClN2O3. The first kappa shape index (κ1) is 16.2. The fourth-order valence-electron chi connectivity index (χ4n) is 2.55. The van der Waals surface area contributed by atoms with Crippen LogP contribution in [0.5, 0.6) is 0 Å². The number of non-ortho nitro benzene ring substituents is 1. The highest BCUT2D eigenvalue weighted by molar-refractivity contribution is 9.10. The second-order valence-electron chi connectivity index (χ2n) is 5.26. The van der Waals surface area contributed by atoms with Crippen molar-refractivity contribution in [1.29, 1.82) is 0 Å². The van der Waals surface area contributed by atoms with Crippen LogP contribution in [0, 0.1) is 16.0 Å². The van der Waals surface area contributed by atoms with Crippen LogP contribution < -0.4 is 0 Å².